The summed E-state index contributed by atoms with van der Waals surface area (Å²) in [6.45, 7) is 0.398. The molecular weight excluding hydrogens is 475 g/mol. The summed E-state index contributed by atoms with van der Waals surface area (Å²) in [5, 5.41) is 14.3. The Labute approximate surface area is 173 Å². The van der Waals surface area contributed by atoms with E-state index in [-0.39, 0.29) is 27.3 Å². The number of nitrogens with one attached hydrogen (secondary N) is 2. The second-order valence-corrected chi connectivity index (χ2v) is 8.03. The largest absolute Gasteiger partial charge is 0.446 e. The average Bonchev–Trinajstić information content (AvgIpc) is 3.08. The van der Waals surface area contributed by atoms with Crippen molar-refractivity contribution in [3.63, 3.8) is 0 Å². The summed E-state index contributed by atoms with van der Waals surface area (Å²) in [6, 6.07) is 3.98. The van der Waals surface area contributed by atoms with E-state index >= 15 is 0 Å². The lowest BCUT2D eigenvalue weighted by Crippen LogP contribution is -2.34. The fraction of sp³-hybridized carbons (Fsp3) is 0.333. The Morgan fingerprint density at radius 2 is 2.14 bits per heavy atom. The van der Waals surface area contributed by atoms with Crippen molar-refractivity contribution in [1.82, 2.24) is 24.8 Å². The Balaban J connectivity index is 1.57. The van der Waals surface area contributed by atoms with Gasteiger partial charge >= 0.3 is 5.76 Å². The molecule has 0 aliphatic heterocycles. The van der Waals surface area contributed by atoms with Crippen LogP contribution in [-0.2, 0) is 11.3 Å². The molecule has 1 unspecified atom stereocenters. The van der Waals surface area contributed by atoms with E-state index in [1.165, 1.54) is 18.2 Å². The SMILES string of the molecule is O=c1onc(-c2nonc2NCCC2(NS(=O)O)CC2)n1-c1ccc(F)c(Br)c1. The van der Waals surface area contributed by atoms with Crippen molar-refractivity contribution in [2.45, 2.75) is 24.8 Å². The van der Waals surface area contributed by atoms with Crippen molar-refractivity contribution < 1.29 is 22.3 Å². The van der Waals surface area contributed by atoms with Crippen molar-refractivity contribution in [2.24, 2.45) is 0 Å². The number of rotatable bonds is 8. The summed E-state index contributed by atoms with van der Waals surface area (Å²) in [5.74, 6) is -1.04. The molecule has 2 aromatic heterocycles. The highest BCUT2D eigenvalue weighted by atomic mass is 79.9. The van der Waals surface area contributed by atoms with Crippen LogP contribution in [-0.4, -0.2) is 40.9 Å². The summed E-state index contributed by atoms with van der Waals surface area (Å²) < 4.78 is 46.9. The minimum absolute atomic E-state index is 0.0213. The quantitative estimate of drug-likeness (QED) is 0.403. The zero-order valence-electron chi connectivity index (χ0n) is 14.6. The second-order valence-electron chi connectivity index (χ2n) is 6.48. The minimum atomic E-state index is -2.09. The van der Waals surface area contributed by atoms with Gasteiger partial charge in [-0.15, -0.1) is 0 Å². The predicted octanol–water partition coefficient (Wildman–Crippen LogP) is 1.84. The molecule has 2 heterocycles. The zero-order valence-corrected chi connectivity index (χ0v) is 17.0. The first-order valence-electron chi connectivity index (χ1n) is 8.38. The Kier molecular flexibility index (Phi) is 5.33. The number of nitrogens with zero attached hydrogens (tertiary/aromatic N) is 4. The number of anilines is 1. The van der Waals surface area contributed by atoms with E-state index in [1.54, 1.807) is 0 Å². The monoisotopic (exact) mass is 488 g/mol. The maximum Gasteiger partial charge on any atom is 0.446 e. The molecular formula is C15H14BrFN6O5S. The summed E-state index contributed by atoms with van der Waals surface area (Å²) in [7, 11) is 0. The Hall–Kier alpha value is -2.42. The molecule has 3 N–H and O–H groups in total. The van der Waals surface area contributed by atoms with Crippen LogP contribution in [0.25, 0.3) is 17.2 Å². The van der Waals surface area contributed by atoms with Gasteiger partial charge in [-0.3, -0.25) is 9.08 Å². The highest BCUT2D eigenvalue weighted by Gasteiger charge is 2.43. The van der Waals surface area contributed by atoms with E-state index in [1.807, 2.05) is 0 Å². The number of halogens is 2. The van der Waals surface area contributed by atoms with Crippen LogP contribution >= 0.6 is 15.9 Å². The van der Waals surface area contributed by atoms with Gasteiger partial charge in [0.15, 0.2) is 5.69 Å². The van der Waals surface area contributed by atoms with Gasteiger partial charge in [0.25, 0.3) is 0 Å². The molecule has 1 atom stereocenters. The topological polar surface area (TPSA) is 148 Å². The van der Waals surface area contributed by atoms with Crippen molar-refractivity contribution in [3.8, 4) is 17.2 Å². The molecule has 0 saturated heterocycles. The molecule has 154 valence electrons. The second kappa shape index (κ2) is 7.78. The molecule has 1 saturated carbocycles. The number of hydrogen-bond donors (Lipinski definition) is 3. The molecule has 0 bridgehead atoms. The number of hydrogen-bond acceptors (Lipinski definition) is 8. The van der Waals surface area contributed by atoms with E-state index in [9.17, 15) is 13.4 Å². The van der Waals surface area contributed by atoms with Gasteiger partial charge in [-0.05, 0) is 63.7 Å². The van der Waals surface area contributed by atoms with E-state index in [4.69, 9.17) is 13.7 Å². The molecule has 1 aliphatic carbocycles. The normalized spacial score (nSPS) is 16.0. The molecule has 3 aromatic rings. The molecule has 11 nitrogen and oxygen atoms in total. The summed E-state index contributed by atoms with van der Waals surface area (Å²) in [5.41, 5.74) is 0.0419. The number of aromatic nitrogens is 4. The fourth-order valence-electron chi connectivity index (χ4n) is 2.86. The predicted molar refractivity (Wildman–Crippen MR) is 102 cm³/mol. The molecule has 14 heteroatoms. The lowest BCUT2D eigenvalue weighted by atomic mass is 10.2. The molecule has 1 aliphatic rings. The highest BCUT2D eigenvalue weighted by Crippen LogP contribution is 2.39. The first-order chi connectivity index (χ1) is 13.9. The van der Waals surface area contributed by atoms with Gasteiger partial charge in [0.1, 0.15) is 5.82 Å². The molecule has 29 heavy (non-hydrogen) atoms. The van der Waals surface area contributed by atoms with Gasteiger partial charge in [0.05, 0.1) is 10.2 Å². The van der Waals surface area contributed by atoms with Gasteiger partial charge in [-0.25, -0.2) is 27.3 Å². The van der Waals surface area contributed by atoms with Crippen molar-refractivity contribution in [2.75, 3.05) is 11.9 Å². The highest BCUT2D eigenvalue weighted by molar-refractivity contribution is 9.10. The van der Waals surface area contributed by atoms with Gasteiger partial charge in [0.2, 0.25) is 22.9 Å². The molecule has 0 spiro atoms. The van der Waals surface area contributed by atoms with E-state index in [2.05, 4.69) is 41.4 Å². The van der Waals surface area contributed by atoms with Crippen LogP contribution in [0.4, 0.5) is 10.2 Å². The van der Waals surface area contributed by atoms with Crippen LogP contribution in [0.3, 0.4) is 0 Å². The minimum Gasteiger partial charge on any atom is -0.365 e. The van der Waals surface area contributed by atoms with Crippen LogP contribution in [0.1, 0.15) is 19.3 Å². The zero-order chi connectivity index (χ0) is 20.6. The Morgan fingerprint density at radius 3 is 2.83 bits per heavy atom. The third-order valence-corrected chi connectivity index (χ3v) is 5.73. The van der Waals surface area contributed by atoms with E-state index in [0.29, 0.717) is 18.7 Å². The van der Waals surface area contributed by atoms with Gasteiger partial charge in [-0.2, -0.15) is 0 Å². The molecule has 0 radical (unpaired) electrons. The maximum atomic E-state index is 13.5. The Bertz CT molecular complexity index is 1130. The first kappa shape index (κ1) is 19.9. The standard InChI is InChI=1S/C15H14BrFN6O5S/c16-9-7-8(1-2-10(9)17)23-13(21-27-14(23)24)11-12(20-28-19-11)18-6-5-15(3-4-15)22-29(25)26/h1-2,7,22H,3-6H2,(H,18,20)(H,25,26). The number of benzene rings is 1. The van der Waals surface area contributed by atoms with Crippen molar-refractivity contribution in [3.05, 3.63) is 39.0 Å². The van der Waals surface area contributed by atoms with Crippen LogP contribution in [0.5, 0.6) is 0 Å². The lowest BCUT2D eigenvalue weighted by Gasteiger charge is -2.14. The van der Waals surface area contributed by atoms with E-state index in [0.717, 1.165) is 17.4 Å². The van der Waals surface area contributed by atoms with Gasteiger partial charge < -0.3 is 5.32 Å². The summed E-state index contributed by atoms with van der Waals surface area (Å²) >= 11 is 0.987. The van der Waals surface area contributed by atoms with Crippen LogP contribution in [0, 0.1) is 5.82 Å². The molecule has 1 aromatic carbocycles. The molecule has 1 fully saturated rings. The van der Waals surface area contributed by atoms with Crippen molar-refractivity contribution >= 4 is 33.0 Å². The maximum absolute atomic E-state index is 13.5. The van der Waals surface area contributed by atoms with Crippen LogP contribution in [0.15, 0.2) is 36.6 Å². The first-order valence-corrected chi connectivity index (χ1v) is 10.3. The molecule has 4 rings (SSSR count). The third kappa shape index (κ3) is 4.14. The fourth-order valence-corrected chi connectivity index (χ4v) is 3.91. The van der Waals surface area contributed by atoms with Crippen LogP contribution < -0.4 is 15.8 Å². The smallest absolute Gasteiger partial charge is 0.365 e. The lowest BCUT2D eigenvalue weighted by molar-refractivity contribution is 0.309. The summed E-state index contributed by atoms with van der Waals surface area (Å²) in [4.78, 5) is 12.2. The van der Waals surface area contributed by atoms with E-state index < -0.39 is 22.8 Å². The summed E-state index contributed by atoms with van der Waals surface area (Å²) in [6.07, 6.45) is 2.13. The Morgan fingerprint density at radius 1 is 1.34 bits per heavy atom. The average molecular weight is 489 g/mol. The van der Waals surface area contributed by atoms with Gasteiger partial charge in [-0.1, -0.05) is 5.16 Å². The van der Waals surface area contributed by atoms with Crippen LogP contribution in [0.2, 0.25) is 0 Å². The third-order valence-electron chi connectivity index (χ3n) is 4.52. The molecule has 0 amide bonds. The van der Waals surface area contributed by atoms with Gasteiger partial charge in [0, 0.05) is 12.1 Å². The van der Waals surface area contributed by atoms with Crippen molar-refractivity contribution in [1.29, 1.82) is 0 Å².